The second kappa shape index (κ2) is 6.53. The minimum atomic E-state index is 0.154. The Hall–Kier alpha value is -1.87. The summed E-state index contributed by atoms with van der Waals surface area (Å²) >= 11 is 0. The maximum absolute atomic E-state index is 12.3. The molecular weight excluding hydrogens is 250 g/mol. The van der Waals surface area contributed by atoms with E-state index in [1.165, 1.54) is 5.56 Å². The molecule has 0 bridgehead atoms. The van der Waals surface area contributed by atoms with Crippen molar-refractivity contribution in [2.45, 2.75) is 27.3 Å². The van der Waals surface area contributed by atoms with E-state index in [-0.39, 0.29) is 5.78 Å². The molecule has 3 heteroatoms. The number of rotatable bonds is 6. The molecule has 0 radical (unpaired) electrons. The first-order chi connectivity index (χ1) is 9.60. The van der Waals surface area contributed by atoms with Gasteiger partial charge in [0.05, 0.1) is 19.4 Å². The van der Waals surface area contributed by atoms with Gasteiger partial charge in [0.25, 0.3) is 0 Å². The van der Waals surface area contributed by atoms with Gasteiger partial charge in [0.1, 0.15) is 5.76 Å². The average Bonchev–Trinajstić information content (AvgIpc) is 2.93. The maximum Gasteiger partial charge on any atom is 0.176 e. The van der Waals surface area contributed by atoms with E-state index < -0.39 is 0 Å². The van der Waals surface area contributed by atoms with E-state index in [0.29, 0.717) is 13.1 Å². The number of hydrogen-bond donors (Lipinski definition) is 0. The van der Waals surface area contributed by atoms with Crippen LogP contribution in [0, 0.1) is 13.8 Å². The van der Waals surface area contributed by atoms with Crippen LogP contribution in [0.25, 0.3) is 0 Å². The predicted octanol–water partition coefficient (Wildman–Crippen LogP) is 3.60. The molecule has 2 rings (SSSR count). The molecule has 0 spiro atoms. The van der Waals surface area contributed by atoms with Gasteiger partial charge >= 0.3 is 0 Å². The van der Waals surface area contributed by atoms with Gasteiger partial charge in [-0.05, 0) is 49.7 Å². The van der Waals surface area contributed by atoms with Crippen molar-refractivity contribution in [2.24, 2.45) is 0 Å². The Labute approximate surface area is 120 Å². The fourth-order valence-electron chi connectivity index (χ4n) is 2.11. The van der Waals surface area contributed by atoms with Gasteiger partial charge in [0.2, 0.25) is 0 Å². The molecule has 0 N–H and O–H groups in total. The summed E-state index contributed by atoms with van der Waals surface area (Å²) in [7, 11) is 0. The van der Waals surface area contributed by atoms with Crippen molar-refractivity contribution in [1.29, 1.82) is 0 Å². The number of furan rings is 1. The number of carbonyl (C=O) groups is 1. The Morgan fingerprint density at radius 3 is 2.60 bits per heavy atom. The lowest BCUT2D eigenvalue weighted by Gasteiger charge is -2.18. The Kier molecular flexibility index (Phi) is 4.74. The number of ketones is 1. The van der Waals surface area contributed by atoms with Crippen molar-refractivity contribution in [1.82, 2.24) is 4.90 Å². The number of carbonyl (C=O) groups excluding carboxylic acids is 1. The first-order valence-electron chi connectivity index (χ1n) is 6.95. The van der Waals surface area contributed by atoms with Gasteiger partial charge in [-0.25, -0.2) is 0 Å². The number of aryl methyl sites for hydroxylation is 2. The van der Waals surface area contributed by atoms with E-state index in [2.05, 4.69) is 18.7 Å². The Morgan fingerprint density at radius 1 is 1.20 bits per heavy atom. The summed E-state index contributed by atoms with van der Waals surface area (Å²) in [4.78, 5) is 14.4. The summed E-state index contributed by atoms with van der Waals surface area (Å²) in [5.74, 6) is 1.04. The summed E-state index contributed by atoms with van der Waals surface area (Å²) < 4.78 is 5.33. The zero-order chi connectivity index (χ0) is 14.5. The molecule has 0 saturated carbocycles. The first kappa shape index (κ1) is 14.5. The fraction of sp³-hybridized carbons (Fsp3) is 0.353. The molecule has 1 heterocycles. The van der Waals surface area contributed by atoms with Gasteiger partial charge in [0.15, 0.2) is 5.78 Å². The molecule has 2 aromatic rings. The highest BCUT2D eigenvalue weighted by Crippen LogP contribution is 2.12. The number of Topliss-reactive ketones (excluding diaryl/α,β-unsaturated/α-hetero) is 1. The molecular formula is C17H21NO2. The van der Waals surface area contributed by atoms with Crippen LogP contribution >= 0.6 is 0 Å². The summed E-state index contributed by atoms with van der Waals surface area (Å²) in [5.41, 5.74) is 3.15. The first-order valence-corrected chi connectivity index (χ1v) is 6.95. The second-order valence-electron chi connectivity index (χ2n) is 5.10. The van der Waals surface area contributed by atoms with Crippen LogP contribution < -0.4 is 0 Å². The highest BCUT2D eigenvalue weighted by atomic mass is 16.3. The lowest BCUT2D eigenvalue weighted by atomic mass is 10.0. The monoisotopic (exact) mass is 271 g/mol. The minimum absolute atomic E-state index is 0.154. The largest absolute Gasteiger partial charge is 0.468 e. The SMILES string of the molecule is CCN(CC(=O)c1ccc(C)c(C)c1)Cc1ccco1. The van der Waals surface area contributed by atoms with Gasteiger partial charge in [-0.3, -0.25) is 9.69 Å². The summed E-state index contributed by atoms with van der Waals surface area (Å²) in [6.07, 6.45) is 1.66. The Bertz CT molecular complexity index is 573. The van der Waals surface area contributed by atoms with Crippen LogP contribution in [0.3, 0.4) is 0 Å². The van der Waals surface area contributed by atoms with Crippen molar-refractivity contribution in [3.63, 3.8) is 0 Å². The van der Waals surface area contributed by atoms with Crippen LogP contribution in [0.4, 0.5) is 0 Å². The normalized spacial score (nSPS) is 11.0. The van der Waals surface area contributed by atoms with Gasteiger partial charge in [0, 0.05) is 5.56 Å². The fourth-order valence-corrected chi connectivity index (χ4v) is 2.11. The van der Waals surface area contributed by atoms with Crippen LogP contribution in [0.2, 0.25) is 0 Å². The highest BCUT2D eigenvalue weighted by molar-refractivity contribution is 5.97. The molecule has 0 aliphatic rings. The van der Waals surface area contributed by atoms with E-state index in [9.17, 15) is 4.79 Å². The average molecular weight is 271 g/mol. The van der Waals surface area contributed by atoms with E-state index in [1.807, 2.05) is 37.3 Å². The molecule has 0 aliphatic heterocycles. The topological polar surface area (TPSA) is 33.5 Å². The molecule has 0 saturated heterocycles. The molecule has 1 aromatic heterocycles. The standard InChI is InChI=1S/C17H21NO2/c1-4-18(11-16-6-5-9-20-16)12-17(19)15-8-7-13(2)14(3)10-15/h5-10H,4,11-12H2,1-3H3. The van der Waals surface area contributed by atoms with Crippen LogP contribution in [0.15, 0.2) is 41.0 Å². The van der Waals surface area contributed by atoms with E-state index in [4.69, 9.17) is 4.42 Å². The lowest BCUT2D eigenvalue weighted by molar-refractivity contribution is 0.0925. The number of hydrogen-bond acceptors (Lipinski definition) is 3. The summed E-state index contributed by atoms with van der Waals surface area (Å²) in [6.45, 7) is 8.04. The molecule has 20 heavy (non-hydrogen) atoms. The zero-order valence-electron chi connectivity index (χ0n) is 12.3. The second-order valence-corrected chi connectivity index (χ2v) is 5.10. The van der Waals surface area contributed by atoms with Crippen LogP contribution in [0.1, 0.15) is 34.2 Å². The molecule has 106 valence electrons. The molecule has 0 amide bonds. The summed E-state index contributed by atoms with van der Waals surface area (Å²) in [6, 6.07) is 9.69. The van der Waals surface area contributed by atoms with Gasteiger partial charge in [-0.1, -0.05) is 19.1 Å². The minimum Gasteiger partial charge on any atom is -0.468 e. The van der Waals surface area contributed by atoms with Crippen LogP contribution in [-0.4, -0.2) is 23.8 Å². The summed E-state index contributed by atoms with van der Waals surface area (Å²) in [5, 5.41) is 0. The van der Waals surface area contributed by atoms with E-state index in [1.54, 1.807) is 6.26 Å². The third kappa shape index (κ3) is 3.58. The molecule has 3 nitrogen and oxygen atoms in total. The van der Waals surface area contributed by atoms with Crippen molar-refractivity contribution >= 4 is 5.78 Å². The van der Waals surface area contributed by atoms with Gasteiger partial charge in [-0.15, -0.1) is 0 Å². The molecule has 0 unspecified atom stereocenters. The smallest absolute Gasteiger partial charge is 0.176 e. The molecule has 0 fully saturated rings. The molecule has 1 aromatic carbocycles. The van der Waals surface area contributed by atoms with E-state index in [0.717, 1.165) is 23.4 Å². The quantitative estimate of drug-likeness (QED) is 0.753. The van der Waals surface area contributed by atoms with Crippen molar-refractivity contribution < 1.29 is 9.21 Å². The zero-order valence-corrected chi connectivity index (χ0v) is 12.3. The van der Waals surface area contributed by atoms with Crippen molar-refractivity contribution in [2.75, 3.05) is 13.1 Å². The van der Waals surface area contributed by atoms with Crippen molar-refractivity contribution in [3.05, 3.63) is 59.0 Å². The third-order valence-electron chi connectivity index (χ3n) is 3.60. The molecule has 0 aliphatic carbocycles. The van der Waals surface area contributed by atoms with Crippen molar-refractivity contribution in [3.8, 4) is 0 Å². The third-order valence-corrected chi connectivity index (χ3v) is 3.60. The lowest BCUT2D eigenvalue weighted by Crippen LogP contribution is -2.29. The number of benzene rings is 1. The van der Waals surface area contributed by atoms with Gasteiger partial charge in [-0.2, -0.15) is 0 Å². The molecule has 0 atom stereocenters. The predicted molar refractivity (Wildman–Crippen MR) is 79.9 cm³/mol. The van der Waals surface area contributed by atoms with Crippen LogP contribution in [-0.2, 0) is 6.54 Å². The Morgan fingerprint density at radius 2 is 2.00 bits per heavy atom. The van der Waals surface area contributed by atoms with Crippen LogP contribution in [0.5, 0.6) is 0 Å². The highest BCUT2D eigenvalue weighted by Gasteiger charge is 2.13. The van der Waals surface area contributed by atoms with E-state index >= 15 is 0 Å². The van der Waals surface area contributed by atoms with Gasteiger partial charge < -0.3 is 4.42 Å². The maximum atomic E-state index is 12.3. The Balaban J connectivity index is 2.03. The number of nitrogens with zero attached hydrogens (tertiary/aromatic N) is 1. The number of likely N-dealkylation sites (N-methyl/N-ethyl adjacent to an activating group) is 1.